The first-order valence-corrected chi connectivity index (χ1v) is 6.06. The van der Waals surface area contributed by atoms with Crippen LogP contribution in [0.15, 0.2) is 0 Å². The van der Waals surface area contributed by atoms with Crippen molar-refractivity contribution in [2.75, 3.05) is 20.6 Å². The Morgan fingerprint density at radius 3 is 2.76 bits per heavy atom. The highest BCUT2D eigenvalue weighted by atomic mass is 16.4. The summed E-state index contributed by atoms with van der Waals surface area (Å²) in [6, 6.07) is 0. The monoisotopic (exact) mass is 237 g/mol. The Morgan fingerprint density at radius 2 is 2.12 bits per heavy atom. The van der Waals surface area contributed by atoms with Crippen molar-refractivity contribution in [2.45, 2.75) is 32.2 Å². The summed E-state index contributed by atoms with van der Waals surface area (Å²) in [5.41, 5.74) is 2.36. The van der Waals surface area contributed by atoms with Crippen LogP contribution in [0.1, 0.15) is 34.6 Å². The largest absolute Gasteiger partial charge is 0.477 e. The molecule has 5 nitrogen and oxygen atoms in total. The van der Waals surface area contributed by atoms with Crippen LogP contribution in [0.4, 0.5) is 0 Å². The third kappa shape index (κ3) is 2.49. The Kier molecular flexibility index (Phi) is 3.47. The smallest absolute Gasteiger partial charge is 0.354 e. The van der Waals surface area contributed by atoms with Crippen LogP contribution >= 0.6 is 0 Å². The fourth-order valence-corrected chi connectivity index (χ4v) is 2.30. The first-order chi connectivity index (χ1) is 8.09. The van der Waals surface area contributed by atoms with Gasteiger partial charge in [-0.15, -0.1) is 0 Å². The molecule has 0 unspecified atom stereocenters. The molecule has 2 rings (SSSR count). The van der Waals surface area contributed by atoms with Crippen LogP contribution in [0.5, 0.6) is 0 Å². The fraction of sp³-hybridized carbons (Fsp3) is 0.667. The number of rotatable bonds is 4. The van der Waals surface area contributed by atoms with E-state index in [9.17, 15) is 9.90 Å². The quantitative estimate of drug-likeness (QED) is 0.849. The Hall–Kier alpha value is -1.36. The highest BCUT2D eigenvalue weighted by Gasteiger charge is 2.24. The molecule has 1 heterocycles. The molecule has 0 amide bonds. The van der Waals surface area contributed by atoms with Gasteiger partial charge in [0, 0.05) is 12.1 Å². The zero-order chi connectivity index (χ0) is 12.4. The molecule has 5 heteroatoms. The molecule has 0 atom stereocenters. The number of hydrogen-bond acceptors (Lipinski definition) is 3. The van der Waals surface area contributed by atoms with Crippen molar-refractivity contribution >= 4 is 5.97 Å². The van der Waals surface area contributed by atoms with Gasteiger partial charge in [-0.2, -0.15) is 5.10 Å². The summed E-state index contributed by atoms with van der Waals surface area (Å²) in [6.45, 7) is 1.45. The fourth-order valence-electron chi connectivity index (χ4n) is 2.30. The zero-order valence-electron chi connectivity index (χ0n) is 10.4. The number of fused-ring (bicyclic) bond motifs is 1. The van der Waals surface area contributed by atoms with E-state index in [1.807, 2.05) is 19.0 Å². The molecular weight excluding hydrogens is 218 g/mol. The predicted octanol–water partition coefficient (Wildman–Crippen LogP) is 1.02. The summed E-state index contributed by atoms with van der Waals surface area (Å²) in [7, 11) is 3.95. The van der Waals surface area contributed by atoms with Gasteiger partial charge in [0.05, 0.1) is 12.2 Å². The van der Waals surface area contributed by atoms with E-state index in [-0.39, 0.29) is 0 Å². The molecule has 0 spiro atoms. The summed E-state index contributed by atoms with van der Waals surface area (Å²) < 4.78 is 1.66. The topological polar surface area (TPSA) is 58.4 Å². The van der Waals surface area contributed by atoms with Crippen molar-refractivity contribution in [1.82, 2.24) is 14.7 Å². The number of nitrogens with zero attached hydrogens (tertiary/aromatic N) is 3. The second-order valence-corrected chi connectivity index (χ2v) is 4.81. The molecule has 0 bridgehead atoms. The highest BCUT2D eigenvalue weighted by Crippen LogP contribution is 2.24. The van der Waals surface area contributed by atoms with Crippen molar-refractivity contribution in [3.05, 3.63) is 17.0 Å². The Balaban J connectivity index is 2.30. The van der Waals surface area contributed by atoms with Crippen molar-refractivity contribution < 1.29 is 9.90 Å². The molecule has 0 aliphatic heterocycles. The number of carbonyl (C=O) groups is 1. The summed E-state index contributed by atoms with van der Waals surface area (Å²) >= 11 is 0. The van der Waals surface area contributed by atoms with E-state index in [0.29, 0.717) is 12.2 Å². The Bertz CT molecular complexity index is 424. The molecule has 17 heavy (non-hydrogen) atoms. The molecule has 0 radical (unpaired) electrons. The van der Waals surface area contributed by atoms with E-state index in [4.69, 9.17) is 0 Å². The van der Waals surface area contributed by atoms with Crippen LogP contribution in [0.25, 0.3) is 0 Å². The zero-order valence-corrected chi connectivity index (χ0v) is 10.4. The van der Waals surface area contributed by atoms with E-state index in [1.165, 1.54) is 0 Å². The van der Waals surface area contributed by atoms with Crippen LogP contribution < -0.4 is 0 Å². The van der Waals surface area contributed by atoms with Crippen LogP contribution in [0.3, 0.4) is 0 Å². The number of aromatic nitrogens is 2. The molecule has 1 aromatic heterocycles. The minimum atomic E-state index is -0.848. The number of carboxylic acids is 1. The van der Waals surface area contributed by atoms with Gasteiger partial charge in [-0.3, -0.25) is 4.68 Å². The van der Waals surface area contributed by atoms with Crippen molar-refractivity contribution in [3.63, 3.8) is 0 Å². The van der Waals surface area contributed by atoms with Gasteiger partial charge in [-0.25, -0.2) is 4.79 Å². The number of hydrogen-bond donors (Lipinski definition) is 1. The maximum atomic E-state index is 11.3. The minimum Gasteiger partial charge on any atom is -0.477 e. The lowest BCUT2D eigenvalue weighted by Gasteiger charge is -2.11. The SMILES string of the molecule is CN(C)CCn1nc2c(c1C(=O)O)CCCC2. The van der Waals surface area contributed by atoms with Gasteiger partial charge in [-0.05, 0) is 39.8 Å². The van der Waals surface area contributed by atoms with Gasteiger partial charge in [-0.1, -0.05) is 0 Å². The average molecular weight is 237 g/mol. The second-order valence-electron chi connectivity index (χ2n) is 4.81. The number of aryl methyl sites for hydroxylation is 1. The Labute approximate surface area is 101 Å². The number of aromatic carboxylic acids is 1. The molecule has 0 saturated carbocycles. The maximum Gasteiger partial charge on any atom is 0.354 e. The van der Waals surface area contributed by atoms with Crippen molar-refractivity contribution in [2.24, 2.45) is 0 Å². The van der Waals surface area contributed by atoms with Gasteiger partial charge in [0.25, 0.3) is 0 Å². The minimum absolute atomic E-state index is 0.404. The van der Waals surface area contributed by atoms with Crippen LogP contribution in [-0.4, -0.2) is 46.4 Å². The van der Waals surface area contributed by atoms with Gasteiger partial charge in [0.15, 0.2) is 0 Å². The molecule has 1 aliphatic rings. The van der Waals surface area contributed by atoms with Crippen LogP contribution in [-0.2, 0) is 19.4 Å². The van der Waals surface area contributed by atoms with E-state index in [1.54, 1.807) is 4.68 Å². The van der Waals surface area contributed by atoms with Gasteiger partial charge in [0.2, 0.25) is 0 Å². The molecule has 1 aromatic rings. The molecule has 0 saturated heterocycles. The standard InChI is InChI=1S/C12H19N3O2/c1-14(2)7-8-15-11(12(16)17)9-5-3-4-6-10(9)13-15/h3-8H2,1-2H3,(H,16,17). The molecule has 1 N–H and O–H groups in total. The normalized spacial score (nSPS) is 15.0. The van der Waals surface area contributed by atoms with Gasteiger partial charge in [0.1, 0.15) is 5.69 Å². The molecule has 1 aliphatic carbocycles. The highest BCUT2D eigenvalue weighted by molar-refractivity contribution is 5.87. The van der Waals surface area contributed by atoms with E-state index in [0.717, 1.165) is 43.5 Å². The van der Waals surface area contributed by atoms with Crippen molar-refractivity contribution in [1.29, 1.82) is 0 Å². The third-order valence-electron chi connectivity index (χ3n) is 3.19. The number of likely N-dealkylation sites (N-methyl/N-ethyl adjacent to an activating group) is 1. The molecule has 0 aromatic carbocycles. The first-order valence-electron chi connectivity index (χ1n) is 6.06. The molecular formula is C12H19N3O2. The lowest BCUT2D eigenvalue weighted by Crippen LogP contribution is -2.21. The van der Waals surface area contributed by atoms with Crippen molar-refractivity contribution in [3.8, 4) is 0 Å². The van der Waals surface area contributed by atoms with E-state index >= 15 is 0 Å². The second kappa shape index (κ2) is 4.87. The van der Waals surface area contributed by atoms with E-state index in [2.05, 4.69) is 5.10 Å². The average Bonchev–Trinajstić information content (AvgIpc) is 2.64. The van der Waals surface area contributed by atoms with Crippen LogP contribution in [0, 0.1) is 0 Å². The molecule has 94 valence electrons. The predicted molar refractivity (Wildman–Crippen MR) is 64.4 cm³/mol. The Morgan fingerprint density at radius 1 is 1.41 bits per heavy atom. The third-order valence-corrected chi connectivity index (χ3v) is 3.19. The first kappa shape index (κ1) is 12.1. The molecule has 0 fully saturated rings. The maximum absolute atomic E-state index is 11.3. The summed E-state index contributed by atoms with van der Waals surface area (Å²) in [5, 5.41) is 13.8. The number of carboxylic acid groups (broad SMARTS) is 1. The summed E-state index contributed by atoms with van der Waals surface area (Å²) in [4.78, 5) is 13.4. The summed E-state index contributed by atoms with van der Waals surface area (Å²) in [5.74, 6) is -0.848. The van der Waals surface area contributed by atoms with Gasteiger partial charge < -0.3 is 10.0 Å². The van der Waals surface area contributed by atoms with Gasteiger partial charge >= 0.3 is 5.97 Å². The summed E-state index contributed by atoms with van der Waals surface area (Å²) in [6.07, 6.45) is 3.98. The van der Waals surface area contributed by atoms with E-state index < -0.39 is 5.97 Å². The van der Waals surface area contributed by atoms with Crippen LogP contribution in [0.2, 0.25) is 0 Å². The lowest BCUT2D eigenvalue weighted by molar-refractivity contribution is 0.0681. The lowest BCUT2D eigenvalue weighted by atomic mass is 9.96.